The Morgan fingerprint density at radius 2 is 1.70 bits per heavy atom. The van der Waals surface area contributed by atoms with Crippen LogP contribution in [0.2, 0.25) is 10.0 Å². The molecule has 0 amide bonds. The van der Waals surface area contributed by atoms with Crippen molar-refractivity contribution >= 4 is 35.0 Å². The molecule has 0 aliphatic rings. The van der Waals surface area contributed by atoms with Crippen LogP contribution in [0.25, 0.3) is 11.3 Å². The summed E-state index contributed by atoms with van der Waals surface area (Å²) in [4.78, 5) is 8.36. The molecular weight excluding hydrogens is 295 g/mol. The fourth-order valence-electron chi connectivity index (χ4n) is 2.12. The van der Waals surface area contributed by atoms with Gasteiger partial charge in [-0.15, -0.1) is 0 Å². The largest absolute Gasteiger partial charge is 0.383 e. The highest BCUT2D eigenvalue weighted by atomic mass is 35.5. The van der Waals surface area contributed by atoms with Gasteiger partial charge >= 0.3 is 0 Å². The lowest BCUT2D eigenvalue weighted by molar-refractivity contribution is 0.589. The first-order valence-corrected chi connectivity index (χ1v) is 6.85. The van der Waals surface area contributed by atoms with Crippen molar-refractivity contribution < 1.29 is 0 Å². The van der Waals surface area contributed by atoms with Gasteiger partial charge < -0.3 is 11.5 Å². The molecule has 0 atom stereocenters. The van der Waals surface area contributed by atoms with E-state index in [-0.39, 0.29) is 11.4 Å². The predicted octanol–water partition coefficient (Wildman–Crippen LogP) is 3.91. The maximum absolute atomic E-state index is 6.28. The number of aromatic nitrogens is 2. The summed E-state index contributed by atoms with van der Waals surface area (Å²) < 4.78 is 0. The molecule has 0 unspecified atom stereocenters. The molecule has 6 heteroatoms. The third-order valence-electron chi connectivity index (χ3n) is 2.91. The number of nitrogen functional groups attached to an aromatic ring is 2. The molecular formula is C14H16Cl2N4. The highest BCUT2D eigenvalue weighted by molar-refractivity contribution is 6.43. The van der Waals surface area contributed by atoms with E-state index in [2.05, 4.69) is 9.97 Å². The molecule has 2 aromatic rings. The minimum absolute atomic E-state index is 0.113. The minimum Gasteiger partial charge on any atom is -0.383 e. The van der Waals surface area contributed by atoms with Crippen molar-refractivity contribution in [2.24, 2.45) is 0 Å². The van der Waals surface area contributed by atoms with Gasteiger partial charge in [0.2, 0.25) is 5.95 Å². The lowest BCUT2D eigenvalue weighted by atomic mass is 9.84. The average molecular weight is 311 g/mol. The van der Waals surface area contributed by atoms with E-state index in [9.17, 15) is 0 Å². The Balaban J connectivity index is 2.83. The average Bonchev–Trinajstić information content (AvgIpc) is 2.29. The van der Waals surface area contributed by atoms with Crippen molar-refractivity contribution in [3.05, 3.63) is 33.8 Å². The number of nitrogens with two attached hydrogens (primary N) is 2. The zero-order valence-electron chi connectivity index (χ0n) is 11.5. The van der Waals surface area contributed by atoms with Gasteiger partial charge in [-0.05, 0) is 11.5 Å². The van der Waals surface area contributed by atoms with Crippen LogP contribution >= 0.6 is 23.2 Å². The highest BCUT2D eigenvalue weighted by Gasteiger charge is 2.26. The van der Waals surface area contributed by atoms with Crippen LogP contribution in [0, 0.1) is 0 Å². The van der Waals surface area contributed by atoms with Crippen molar-refractivity contribution in [3.8, 4) is 11.3 Å². The Morgan fingerprint density at radius 3 is 2.30 bits per heavy atom. The molecule has 0 saturated heterocycles. The van der Waals surface area contributed by atoms with E-state index in [4.69, 9.17) is 34.7 Å². The summed E-state index contributed by atoms with van der Waals surface area (Å²) >= 11 is 12.4. The predicted molar refractivity (Wildman–Crippen MR) is 85.0 cm³/mol. The first kappa shape index (κ1) is 14.9. The van der Waals surface area contributed by atoms with Crippen molar-refractivity contribution in [1.82, 2.24) is 9.97 Å². The number of rotatable bonds is 1. The van der Waals surface area contributed by atoms with E-state index in [1.807, 2.05) is 32.9 Å². The molecule has 0 aliphatic carbocycles. The third kappa shape index (κ3) is 2.67. The molecule has 2 rings (SSSR count). The molecule has 0 bridgehead atoms. The fraction of sp³-hybridized carbons (Fsp3) is 0.286. The third-order valence-corrected chi connectivity index (χ3v) is 3.73. The van der Waals surface area contributed by atoms with Crippen LogP contribution in [0.15, 0.2) is 18.2 Å². The van der Waals surface area contributed by atoms with Crippen molar-refractivity contribution in [3.63, 3.8) is 0 Å². The van der Waals surface area contributed by atoms with E-state index in [0.29, 0.717) is 27.1 Å². The normalized spacial score (nSPS) is 11.7. The molecule has 0 aliphatic heterocycles. The van der Waals surface area contributed by atoms with Crippen LogP contribution in [-0.4, -0.2) is 9.97 Å². The quantitative estimate of drug-likeness (QED) is 0.837. The Bertz CT molecular complexity index is 663. The topological polar surface area (TPSA) is 77.8 Å². The van der Waals surface area contributed by atoms with Gasteiger partial charge in [-0.3, -0.25) is 0 Å². The number of benzene rings is 1. The molecule has 0 saturated carbocycles. The lowest BCUT2D eigenvalue weighted by Gasteiger charge is -2.24. The fourth-order valence-corrected chi connectivity index (χ4v) is 2.51. The Morgan fingerprint density at radius 1 is 1.05 bits per heavy atom. The van der Waals surface area contributed by atoms with E-state index < -0.39 is 0 Å². The Kier molecular flexibility index (Phi) is 3.80. The SMILES string of the molecule is CC(C)(C)c1c(N)nc(N)nc1-c1cccc(Cl)c1Cl. The van der Waals surface area contributed by atoms with Crippen LogP contribution in [0.1, 0.15) is 26.3 Å². The van der Waals surface area contributed by atoms with Gasteiger partial charge in [0.05, 0.1) is 15.7 Å². The number of nitrogens with zero attached hydrogens (tertiary/aromatic N) is 2. The van der Waals surface area contributed by atoms with Crippen LogP contribution in [0.3, 0.4) is 0 Å². The summed E-state index contributed by atoms with van der Waals surface area (Å²) in [7, 11) is 0. The molecule has 1 aromatic carbocycles. The van der Waals surface area contributed by atoms with Gasteiger partial charge in [-0.1, -0.05) is 56.1 Å². The summed E-state index contributed by atoms with van der Waals surface area (Å²) in [5.41, 5.74) is 13.6. The second kappa shape index (κ2) is 5.11. The molecule has 20 heavy (non-hydrogen) atoms. The summed E-state index contributed by atoms with van der Waals surface area (Å²) in [5, 5.41) is 0.886. The molecule has 0 fully saturated rings. The lowest BCUT2D eigenvalue weighted by Crippen LogP contribution is -2.19. The number of hydrogen-bond donors (Lipinski definition) is 2. The molecule has 1 heterocycles. The van der Waals surface area contributed by atoms with Crippen LogP contribution in [-0.2, 0) is 5.41 Å². The molecule has 0 spiro atoms. The first-order chi connectivity index (χ1) is 9.21. The van der Waals surface area contributed by atoms with E-state index in [0.717, 1.165) is 5.56 Å². The van der Waals surface area contributed by atoms with Crippen molar-refractivity contribution in [2.75, 3.05) is 11.5 Å². The van der Waals surface area contributed by atoms with Gasteiger partial charge in [0.25, 0.3) is 0 Å². The maximum Gasteiger partial charge on any atom is 0.222 e. The standard InChI is InChI=1S/C14H16Cl2N4/c1-14(2,3)9-11(19-13(18)20-12(9)17)7-5-4-6-8(15)10(7)16/h4-6H,1-3H3,(H4,17,18,19,20). The van der Waals surface area contributed by atoms with Crippen LogP contribution in [0.4, 0.5) is 11.8 Å². The minimum atomic E-state index is -0.251. The summed E-state index contributed by atoms with van der Waals surface area (Å²) in [5.74, 6) is 0.470. The van der Waals surface area contributed by atoms with Gasteiger partial charge in [0.15, 0.2) is 0 Å². The monoisotopic (exact) mass is 310 g/mol. The van der Waals surface area contributed by atoms with Crippen LogP contribution < -0.4 is 11.5 Å². The van der Waals surface area contributed by atoms with Gasteiger partial charge in [0.1, 0.15) is 5.82 Å². The molecule has 106 valence electrons. The van der Waals surface area contributed by atoms with Gasteiger partial charge in [0, 0.05) is 11.1 Å². The molecule has 4 N–H and O–H groups in total. The maximum atomic E-state index is 6.28. The zero-order chi connectivity index (χ0) is 15.1. The van der Waals surface area contributed by atoms with Gasteiger partial charge in [-0.2, -0.15) is 4.98 Å². The smallest absolute Gasteiger partial charge is 0.222 e. The van der Waals surface area contributed by atoms with Gasteiger partial charge in [-0.25, -0.2) is 4.98 Å². The van der Waals surface area contributed by atoms with Crippen molar-refractivity contribution in [1.29, 1.82) is 0 Å². The highest BCUT2D eigenvalue weighted by Crippen LogP contribution is 2.40. The number of anilines is 2. The summed E-state index contributed by atoms with van der Waals surface area (Å²) in [6.07, 6.45) is 0. The van der Waals surface area contributed by atoms with E-state index >= 15 is 0 Å². The number of halogens is 2. The number of hydrogen-bond acceptors (Lipinski definition) is 4. The molecule has 1 aromatic heterocycles. The summed E-state index contributed by atoms with van der Waals surface area (Å²) in [6.45, 7) is 6.08. The Hall–Kier alpha value is -1.52. The van der Waals surface area contributed by atoms with E-state index in [1.54, 1.807) is 6.07 Å². The second-order valence-corrected chi connectivity index (χ2v) is 6.33. The second-order valence-electron chi connectivity index (χ2n) is 5.54. The Labute approximate surface area is 128 Å². The van der Waals surface area contributed by atoms with Crippen molar-refractivity contribution in [2.45, 2.75) is 26.2 Å². The molecule has 4 nitrogen and oxygen atoms in total. The molecule has 0 radical (unpaired) electrons. The van der Waals surface area contributed by atoms with Crippen LogP contribution in [0.5, 0.6) is 0 Å². The summed E-state index contributed by atoms with van der Waals surface area (Å²) in [6, 6.07) is 5.37. The first-order valence-electron chi connectivity index (χ1n) is 6.09. The zero-order valence-corrected chi connectivity index (χ0v) is 13.0. The van der Waals surface area contributed by atoms with E-state index in [1.165, 1.54) is 0 Å².